The highest BCUT2D eigenvalue weighted by molar-refractivity contribution is 5.76. The van der Waals surface area contributed by atoms with Crippen molar-refractivity contribution < 1.29 is 9.13 Å². The summed E-state index contributed by atoms with van der Waals surface area (Å²) < 4.78 is 18.2. The smallest absolute Gasteiger partial charge is 0.191 e. The Bertz CT molecular complexity index is 435. The van der Waals surface area contributed by atoms with E-state index in [0.29, 0.717) is 11.6 Å². The summed E-state index contributed by atoms with van der Waals surface area (Å²) in [6.07, 6.45) is 3.41. The lowest BCUT2D eigenvalue weighted by Crippen LogP contribution is -2.03. The van der Waals surface area contributed by atoms with Crippen LogP contribution in [0.4, 0.5) is 4.39 Å². The minimum absolute atomic E-state index is 0.330. The van der Waals surface area contributed by atoms with E-state index in [1.807, 2.05) is 6.92 Å². The molecule has 0 amide bonds. The molecule has 1 rings (SSSR count). The van der Waals surface area contributed by atoms with Gasteiger partial charge in [0, 0.05) is 18.7 Å². The number of hydrogen-bond donors (Lipinski definition) is 0. The summed E-state index contributed by atoms with van der Waals surface area (Å²) >= 11 is 0. The van der Waals surface area contributed by atoms with Gasteiger partial charge in [-0.3, -0.25) is 0 Å². The molecule has 0 aromatic heterocycles. The van der Waals surface area contributed by atoms with E-state index in [-0.39, 0.29) is 5.82 Å². The zero-order valence-electron chi connectivity index (χ0n) is 9.40. The van der Waals surface area contributed by atoms with Gasteiger partial charge in [0.15, 0.2) is 5.90 Å². The first kappa shape index (κ1) is 12.2. The van der Waals surface area contributed by atoms with Gasteiger partial charge in [0.1, 0.15) is 11.6 Å². The first-order valence-electron chi connectivity index (χ1n) is 4.90. The molecule has 1 aromatic carbocycles. The van der Waals surface area contributed by atoms with Gasteiger partial charge in [-0.2, -0.15) is 0 Å². The maximum Gasteiger partial charge on any atom is 0.191 e. The van der Waals surface area contributed by atoms with Crippen molar-refractivity contribution in [3.05, 3.63) is 54.5 Å². The highest BCUT2D eigenvalue weighted by atomic mass is 19.1. The van der Waals surface area contributed by atoms with Crippen LogP contribution in [0.3, 0.4) is 0 Å². The van der Waals surface area contributed by atoms with Crippen LogP contribution in [0.15, 0.2) is 53.7 Å². The molecule has 0 spiro atoms. The molecule has 0 aliphatic carbocycles. The van der Waals surface area contributed by atoms with E-state index in [9.17, 15) is 4.39 Å². The molecule has 84 valence electrons. The third kappa shape index (κ3) is 4.09. The van der Waals surface area contributed by atoms with E-state index >= 15 is 0 Å². The Labute approximate surface area is 94.8 Å². The standard InChI is InChI=1S/C13H14FNO/c1-4-6-10(2)15-11(3)16-13-8-5-7-12(14)9-13/h4-9H,1H2,2-3H3/b10-6-,15-11?. The molecule has 16 heavy (non-hydrogen) atoms. The number of ether oxygens (including phenoxy) is 1. The fourth-order valence-corrected chi connectivity index (χ4v) is 1.18. The van der Waals surface area contributed by atoms with Crippen LogP contribution in [0.5, 0.6) is 5.75 Å². The van der Waals surface area contributed by atoms with Crippen molar-refractivity contribution >= 4 is 5.90 Å². The zero-order valence-corrected chi connectivity index (χ0v) is 9.40. The number of halogens is 1. The third-order valence-corrected chi connectivity index (χ3v) is 1.75. The average Bonchev–Trinajstić information content (AvgIpc) is 2.17. The van der Waals surface area contributed by atoms with E-state index in [4.69, 9.17) is 4.74 Å². The second-order valence-electron chi connectivity index (χ2n) is 3.23. The molecule has 0 aliphatic heterocycles. The van der Waals surface area contributed by atoms with E-state index in [2.05, 4.69) is 11.6 Å². The Morgan fingerprint density at radius 2 is 2.19 bits per heavy atom. The molecule has 0 atom stereocenters. The van der Waals surface area contributed by atoms with E-state index in [0.717, 1.165) is 5.70 Å². The van der Waals surface area contributed by atoms with Crippen molar-refractivity contribution in [1.29, 1.82) is 0 Å². The van der Waals surface area contributed by atoms with E-state index in [1.165, 1.54) is 12.1 Å². The highest BCUT2D eigenvalue weighted by Crippen LogP contribution is 2.12. The second kappa shape index (κ2) is 5.85. The summed E-state index contributed by atoms with van der Waals surface area (Å²) in [7, 11) is 0. The number of hydrogen-bond acceptors (Lipinski definition) is 2. The van der Waals surface area contributed by atoms with Gasteiger partial charge < -0.3 is 4.74 Å². The molecule has 0 unspecified atom stereocenters. The number of aliphatic imine (C=N–C) groups is 1. The molecule has 0 fully saturated rings. The minimum Gasteiger partial charge on any atom is -0.443 e. The predicted molar refractivity (Wildman–Crippen MR) is 64.1 cm³/mol. The van der Waals surface area contributed by atoms with E-state index in [1.54, 1.807) is 31.2 Å². The number of allylic oxidation sites excluding steroid dienone is 3. The molecule has 3 heteroatoms. The van der Waals surface area contributed by atoms with Crippen LogP contribution >= 0.6 is 0 Å². The van der Waals surface area contributed by atoms with Crippen molar-refractivity contribution in [3.63, 3.8) is 0 Å². The van der Waals surface area contributed by atoms with Gasteiger partial charge in [0.2, 0.25) is 0 Å². The van der Waals surface area contributed by atoms with Crippen LogP contribution in [-0.4, -0.2) is 5.90 Å². The monoisotopic (exact) mass is 219 g/mol. The topological polar surface area (TPSA) is 21.6 Å². The molecule has 0 bridgehead atoms. The lowest BCUT2D eigenvalue weighted by atomic mass is 10.3. The lowest BCUT2D eigenvalue weighted by Gasteiger charge is -2.04. The lowest BCUT2D eigenvalue weighted by molar-refractivity contribution is 0.534. The number of nitrogens with zero attached hydrogens (tertiary/aromatic N) is 1. The van der Waals surface area contributed by atoms with Crippen LogP contribution in [0.2, 0.25) is 0 Å². The van der Waals surface area contributed by atoms with Crippen molar-refractivity contribution in [2.45, 2.75) is 13.8 Å². The van der Waals surface area contributed by atoms with Crippen molar-refractivity contribution in [3.8, 4) is 5.75 Å². The van der Waals surface area contributed by atoms with Crippen LogP contribution in [0.25, 0.3) is 0 Å². The summed E-state index contributed by atoms with van der Waals surface area (Å²) in [5.41, 5.74) is 0.781. The summed E-state index contributed by atoms with van der Waals surface area (Å²) in [5, 5.41) is 0. The van der Waals surface area contributed by atoms with Gasteiger partial charge >= 0.3 is 0 Å². The van der Waals surface area contributed by atoms with Crippen LogP contribution < -0.4 is 4.74 Å². The third-order valence-electron chi connectivity index (χ3n) is 1.75. The summed E-state index contributed by atoms with van der Waals surface area (Å²) in [5.74, 6) is 0.567. The Hall–Kier alpha value is -1.90. The van der Waals surface area contributed by atoms with Gasteiger partial charge in [-0.1, -0.05) is 18.7 Å². The molecule has 0 N–H and O–H groups in total. The Morgan fingerprint density at radius 1 is 1.44 bits per heavy atom. The first-order chi connectivity index (χ1) is 7.61. The van der Waals surface area contributed by atoms with E-state index < -0.39 is 0 Å². The molecule has 0 radical (unpaired) electrons. The molecule has 0 heterocycles. The SMILES string of the molecule is C=C/C=C(/C)N=C(C)Oc1cccc(F)c1. The summed E-state index contributed by atoms with van der Waals surface area (Å²) in [6, 6.07) is 5.94. The van der Waals surface area contributed by atoms with Crippen molar-refractivity contribution in [2.75, 3.05) is 0 Å². The molecule has 0 saturated carbocycles. The molecule has 1 aromatic rings. The zero-order chi connectivity index (χ0) is 12.0. The van der Waals surface area contributed by atoms with Crippen molar-refractivity contribution in [1.82, 2.24) is 0 Å². The number of rotatable bonds is 3. The van der Waals surface area contributed by atoms with Gasteiger partial charge in [-0.15, -0.1) is 0 Å². The fourth-order valence-electron chi connectivity index (χ4n) is 1.18. The van der Waals surface area contributed by atoms with Gasteiger partial charge in [0.25, 0.3) is 0 Å². The van der Waals surface area contributed by atoms with Crippen LogP contribution in [0.1, 0.15) is 13.8 Å². The molecular weight excluding hydrogens is 205 g/mol. The quantitative estimate of drug-likeness (QED) is 0.431. The maximum atomic E-state index is 12.9. The summed E-state index contributed by atoms with van der Waals surface area (Å²) in [4.78, 5) is 4.15. The average molecular weight is 219 g/mol. The predicted octanol–water partition coefficient (Wildman–Crippen LogP) is 3.71. The van der Waals surface area contributed by atoms with Crippen LogP contribution in [-0.2, 0) is 0 Å². The maximum absolute atomic E-state index is 12.9. The molecule has 0 aliphatic rings. The van der Waals surface area contributed by atoms with Gasteiger partial charge in [-0.05, 0) is 25.1 Å². The van der Waals surface area contributed by atoms with Gasteiger partial charge in [0.05, 0.1) is 0 Å². The highest BCUT2D eigenvalue weighted by Gasteiger charge is 1.98. The largest absolute Gasteiger partial charge is 0.443 e. The Kier molecular flexibility index (Phi) is 4.45. The Balaban J connectivity index is 2.74. The van der Waals surface area contributed by atoms with Crippen molar-refractivity contribution in [2.24, 2.45) is 4.99 Å². The minimum atomic E-state index is -0.330. The summed E-state index contributed by atoms with van der Waals surface area (Å²) in [6.45, 7) is 7.11. The van der Waals surface area contributed by atoms with Gasteiger partial charge in [-0.25, -0.2) is 9.38 Å². The normalized spacial score (nSPS) is 12.4. The fraction of sp³-hybridized carbons (Fsp3) is 0.154. The number of benzene rings is 1. The van der Waals surface area contributed by atoms with Crippen LogP contribution in [0, 0.1) is 5.82 Å². The first-order valence-corrected chi connectivity index (χ1v) is 4.90. The molecular formula is C13H14FNO. The molecule has 2 nitrogen and oxygen atoms in total. The Morgan fingerprint density at radius 3 is 2.81 bits per heavy atom. The molecule has 0 saturated heterocycles. The second-order valence-corrected chi connectivity index (χ2v) is 3.23.